The Morgan fingerprint density at radius 2 is 2.17 bits per heavy atom. The molecule has 0 radical (unpaired) electrons. The van der Waals surface area contributed by atoms with Crippen LogP contribution >= 0.6 is 23.6 Å². The second kappa shape index (κ2) is 6.26. The lowest BCUT2D eigenvalue weighted by Gasteiger charge is -2.33. The molecule has 2 rings (SSSR count). The minimum atomic E-state index is -0.136. The van der Waals surface area contributed by atoms with Gasteiger partial charge in [-0.2, -0.15) is 0 Å². The molecule has 18 heavy (non-hydrogen) atoms. The van der Waals surface area contributed by atoms with Gasteiger partial charge in [-0.05, 0) is 18.5 Å². The number of thiocarbonyl (C=S) groups is 1. The normalized spacial score (nSPS) is 16.6. The Hall–Kier alpha value is -0.980. The van der Waals surface area contributed by atoms with E-state index in [1.807, 2.05) is 22.4 Å². The third kappa shape index (κ3) is 3.51. The molecule has 0 aromatic carbocycles. The molecule has 0 unspecified atom stereocenters. The Morgan fingerprint density at radius 3 is 2.78 bits per heavy atom. The van der Waals surface area contributed by atoms with Gasteiger partial charge in [0, 0.05) is 31.1 Å². The maximum Gasteiger partial charge on any atom is 0.279 e. The van der Waals surface area contributed by atoms with Crippen molar-refractivity contribution in [3.63, 3.8) is 0 Å². The summed E-state index contributed by atoms with van der Waals surface area (Å²) in [7, 11) is 2.08. The molecule has 98 valence electrons. The van der Waals surface area contributed by atoms with Crippen LogP contribution in [-0.2, 0) is 11.3 Å². The summed E-state index contributed by atoms with van der Waals surface area (Å²) in [5, 5.41) is 4.87. The fourth-order valence-electron chi connectivity index (χ4n) is 1.81. The highest BCUT2D eigenvalue weighted by Gasteiger charge is 2.20. The summed E-state index contributed by atoms with van der Waals surface area (Å²) in [4.78, 5) is 17.7. The van der Waals surface area contributed by atoms with E-state index in [4.69, 9.17) is 12.2 Å². The number of carbonyl (C=O) groups excluding carboxylic acids is 1. The number of carbonyl (C=O) groups is 1. The van der Waals surface area contributed by atoms with Gasteiger partial charge in [0.1, 0.15) is 0 Å². The second-order valence-electron chi connectivity index (χ2n) is 4.36. The van der Waals surface area contributed by atoms with Gasteiger partial charge in [0.05, 0.1) is 6.54 Å². The molecular formula is C12H17N3OS2. The van der Waals surface area contributed by atoms with Crippen molar-refractivity contribution in [2.45, 2.75) is 6.54 Å². The lowest BCUT2D eigenvalue weighted by atomic mass is 10.3. The predicted molar refractivity (Wildman–Crippen MR) is 77.8 cm³/mol. The predicted octanol–water partition coefficient (Wildman–Crippen LogP) is 0.939. The lowest BCUT2D eigenvalue weighted by molar-refractivity contribution is -0.115. The highest BCUT2D eigenvalue weighted by molar-refractivity contribution is 7.82. The van der Waals surface area contributed by atoms with E-state index in [9.17, 15) is 4.79 Å². The molecule has 1 amide bonds. The molecule has 0 spiro atoms. The van der Waals surface area contributed by atoms with Crippen LogP contribution in [0, 0.1) is 0 Å². The number of hydrogen-bond acceptors (Lipinski definition) is 4. The van der Waals surface area contributed by atoms with Crippen molar-refractivity contribution in [1.82, 2.24) is 15.1 Å². The fraction of sp³-hybridized carbons (Fsp3) is 0.500. The van der Waals surface area contributed by atoms with Gasteiger partial charge < -0.3 is 15.1 Å². The van der Waals surface area contributed by atoms with Gasteiger partial charge >= 0.3 is 0 Å². The molecule has 0 bridgehead atoms. The molecule has 0 saturated carbocycles. The Labute approximate surface area is 117 Å². The van der Waals surface area contributed by atoms with Crippen molar-refractivity contribution in [3.8, 4) is 0 Å². The smallest absolute Gasteiger partial charge is 0.279 e. The van der Waals surface area contributed by atoms with Crippen LogP contribution in [0.3, 0.4) is 0 Å². The highest BCUT2D eigenvalue weighted by atomic mass is 32.1. The van der Waals surface area contributed by atoms with Gasteiger partial charge in [0.15, 0.2) is 4.99 Å². The first-order valence-electron chi connectivity index (χ1n) is 5.95. The quantitative estimate of drug-likeness (QED) is 0.820. The first-order valence-corrected chi connectivity index (χ1v) is 7.23. The van der Waals surface area contributed by atoms with Crippen molar-refractivity contribution in [3.05, 3.63) is 22.4 Å². The van der Waals surface area contributed by atoms with Crippen molar-refractivity contribution in [2.75, 3.05) is 33.2 Å². The van der Waals surface area contributed by atoms with E-state index in [0.29, 0.717) is 11.5 Å². The van der Waals surface area contributed by atoms with E-state index >= 15 is 0 Å². The summed E-state index contributed by atoms with van der Waals surface area (Å²) in [6.07, 6.45) is 0. The number of nitrogens with one attached hydrogen (secondary N) is 1. The largest absolute Gasteiger partial charge is 0.356 e. The van der Waals surface area contributed by atoms with Crippen molar-refractivity contribution >= 4 is 34.5 Å². The number of likely N-dealkylation sites (N-methyl/N-ethyl adjacent to an activating group) is 1. The SMILES string of the molecule is CN1CCN(C(=S)C(=O)NCc2cccs2)CC1. The average molecular weight is 283 g/mol. The van der Waals surface area contributed by atoms with E-state index in [1.54, 1.807) is 11.3 Å². The van der Waals surface area contributed by atoms with Crippen molar-refractivity contribution < 1.29 is 4.79 Å². The summed E-state index contributed by atoms with van der Waals surface area (Å²) in [5.41, 5.74) is 0. The number of piperazine rings is 1. The van der Waals surface area contributed by atoms with E-state index in [-0.39, 0.29) is 5.91 Å². The van der Waals surface area contributed by atoms with Gasteiger partial charge in [-0.25, -0.2) is 0 Å². The maximum absolute atomic E-state index is 11.9. The number of nitrogens with zero attached hydrogens (tertiary/aromatic N) is 2. The molecule has 0 aliphatic carbocycles. The number of thiophene rings is 1. The summed E-state index contributed by atoms with van der Waals surface area (Å²) < 4.78 is 0. The van der Waals surface area contributed by atoms with Crippen molar-refractivity contribution in [1.29, 1.82) is 0 Å². The van der Waals surface area contributed by atoms with Gasteiger partial charge in [-0.3, -0.25) is 4.79 Å². The van der Waals surface area contributed by atoms with Crippen LogP contribution in [-0.4, -0.2) is 53.9 Å². The van der Waals surface area contributed by atoms with E-state index in [0.717, 1.165) is 31.1 Å². The average Bonchev–Trinajstić information content (AvgIpc) is 2.89. The minimum absolute atomic E-state index is 0.136. The summed E-state index contributed by atoms with van der Waals surface area (Å²) in [5.74, 6) is -0.136. The fourth-order valence-corrected chi connectivity index (χ4v) is 2.71. The molecule has 1 N–H and O–H groups in total. The van der Waals surface area contributed by atoms with Crippen LogP contribution in [0.15, 0.2) is 17.5 Å². The summed E-state index contributed by atoms with van der Waals surface area (Å²) in [6, 6.07) is 3.98. The molecule has 1 saturated heterocycles. The van der Waals surface area contributed by atoms with Gasteiger partial charge in [-0.15, -0.1) is 11.3 Å². The molecule has 1 aliphatic rings. The van der Waals surface area contributed by atoms with Crippen LogP contribution in [0.2, 0.25) is 0 Å². The standard InChI is InChI=1S/C12H17N3OS2/c1-14-4-6-15(7-5-14)12(17)11(16)13-9-10-3-2-8-18-10/h2-3,8H,4-7,9H2,1H3,(H,13,16). The topological polar surface area (TPSA) is 35.6 Å². The first kappa shape index (κ1) is 13.5. The zero-order valence-corrected chi connectivity index (χ0v) is 12.0. The molecular weight excluding hydrogens is 266 g/mol. The summed E-state index contributed by atoms with van der Waals surface area (Å²) >= 11 is 6.86. The molecule has 1 aliphatic heterocycles. The molecule has 6 heteroatoms. The Morgan fingerprint density at radius 1 is 1.44 bits per heavy atom. The molecule has 4 nitrogen and oxygen atoms in total. The Balaban J connectivity index is 1.79. The Kier molecular flexibility index (Phi) is 4.68. The van der Waals surface area contributed by atoms with Gasteiger partial charge in [0.2, 0.25) is 0 Å². The van der Waals surface area contributed by atoms with Crippen LogP contribution < -0.4 is 5.32 Å². The molecule has 2 heterocycles. The van der Waals surface area contributed by atoms with E-state index in [1.165, 1.54) is 0 Å². The number of hydrogen-bond donors (Lipinski definition) is 1. The maximum atomic E-state index is 11.9. The summed E-state index contributed by atoms with van der Waals surface area (Å²) in [6.45, 7) is 4.14. The van der Waals surface area contributed by atoms with Crippen LogP contribution in [0.25, 0.3) is 0 Å². The molecule has 1 aromatic heterocycles. The van der Waals surface area contributed by atoms with Gasteiger partial charge in [0.25, 0.3) is 5.91 Å². The van der Waals surface area contributed by atoms with Crippen LogP contribution in [0.5, 0.6) is 0 Å². The van der Waals surface area contributed by atoms with Crippen LogP contribution in [0.4, 0.5) is 0 Å². The zero-order valence-electron chi connectivity index (χ0n) is 10.4. The first-order chi connectivity index (χ1) is 8.66. The van der Waals surface area contributed by atoms with Crippen LogP contribution in [0.1, 0.15) is 4.88 Å². The third-order valence-electron chi connectivity index (χ3n) is 2.99. The second-order valence-corrected chi connectivity index (χ2v) is 5.78. The molecule has 1 fully saturated rings. The zero-order chi connectivity index (χ0) is 13.0. The minimum Gasteiger partial charge on any atom is -0.356 e. The van der Waals surface area contributed by atoms with E-state index < -0.39 is 0 Å². The lowest BCUT2D eigenvalue weighted by Crippen LogP contribution is -2.50. The monoisotopic (exact) mass is 283 g/mol. The Bertz CT molecular complexity index is 411. The highest BCUT2D eigenvalue weighted by Crippen LogP contribution is 2.07. The third-order valence-corrected chi connectivity index (χ3v) is 4.31. The van der Waals surface area contributed by atoms with E-state index in [2.05, 4.69) is 17.3 Å². The van der Waals surface area contributed by atoms with Gasteiger partial charge in [-0.1, -0.05) is 18.3 Å². The number of amides is 1. The molecule has 1 aromatic rings. The van der Waals surface area contributed by atoms with Crippen molar-refractivity contribution in [2.24, 2.45) is 0 Å². The number of rotatable bonds is 2. The molecule has 0 atom stereocenters.